The first kappa shape index (κ1) is 11.2. The number of rotatable bonds is 4. The zero-order valence-electron chi connectivity index (χ0n) is 8.81. The fourth-order valence-corrected chi connectivity index (χ4v) is 2.37. The molecule has 1 N–H and O–H groups in total. The first-order valence-electron chi connectivity index (χ1n) is 5.16. The van der Waals surface area contributed by atoms with E-state index in [-0.39, 0.29) is 11.8 Å². The topological polar surface area (TPSA) is 66.1 Å². The molecule has 1 aliphatic heterocycles. The molecular formula is C10H13N3O2S. The molecule has 1 saturated heterocycles. The predicted octanol–water partition coefficient (Wildman–Crippen LogP) is 0.444. The monoisotopic (exact) mass is 239 g/mol. The van der Waals surface area contributed by atoms with Crippen LogP contribution in [0.2, 0.25) is 0 Å². The van der Waals surface area contributed by atoms with Gasteiger partial charge in [-0.25, -0.2) is 4.98 Å². The minimum absolute atomic E-state index is 0.0688. The summed E-state index contributed by atoms with van der Waals surface area (Å²) >= 11 is 1.39. The molecular weight excluding hydrogens is 226 g/mol. The summed E-state index contributed by atoms with van der Waals surface area (Å²) in [5.41, 5.74) is 0. The van der Waals surface area contributed by atoms with E-state index < -0.39 is 0 Å². The van der Waals surface area contributed by atoms with E-state index in [0.29, 0.717) is 18.1 Å². The minimum Gasteiger partial charge on any atom is -0.349 e. The van der Waals surface area contributed by atoms with E-state index in [1.807, 2.05) is 0 Å². The number of thioether (sulfide) groups is 1. The Labute approximate surface area is 97.6 Å². The van der Waals surface area contributed by atoms with Crippen molar-refractivity contribution in [1.82, 2.24) is 14.9 Å². The zero-order chi connectivity index (χ0) is 11.4. The molecule has 2 rings (SSSR count). The predicted molar refractivity (Wildman–Crippen MR) is 61.0 cm³/mol. The van der Waals surface area contributed by atoms with E-state index in [2.05, 4.69) is 9.97 Å². The second-order valence-corrected chi connectivity index (χ2v) is 4.56. The van der Waals surface area contributed by atoms with Crippen LogP contribution in [0.15, 0.2) is 12.4 Å². The number of H-pyrrole nitrogens is 1. The zero-order valence-corrected chi connectivity index (χ0v) is 9.63. The molecule has 0 radical (unpaired) electrons. The standard InChI is InChI=1S/C10H13N3O2S/c14-9-6-16-7-10(15)13(9)5-1-2-8-11-3-4-12-8/h3-4H,1-2,5-7H2,(H,11,12). The van der Waals surface area contributed by atoms with Crippen LogP contribution in [0.1, 0.15) is 12.2 Å². The first-order chi connectivity index (χ1) is 7.77. The number of carbonyl (C=O) groups is 2. The highest BCUT2D eigenvalue weighted by Gasteiger charge is 2.25. The lowest BCUT2D eigenvalue weighted by Gasteiger charge is -2.24. The summed E-state index contributed by atoms with van der Waals surface area (Å²) < 4.78 is 0. The van der Waals surface area contributed by atoms with Gasteiger partial charge in [0.1, 0.15) is 5.82 Å². The van der Waals surface area contributed by atoms with Gasteiger partial charge in [-0.2, -0.15) is 0 Å². The highest BCUT2D eigenvalue weighted by atomic mass is 32.2. The van der Waals surface area contributed by atoms with Gasteiger partial charge >= 0.3 is 0 Å². The van der Waals surface area contributed by atoms with E-state index in [1.54, 1.807) is 12.4 Å². The number of amides is 2. The lowest BCUT2D eigenvalue weighted by atomic mass is 10.2. The number of hydrogen-bond acceptors (Lipinski definition) is 4. The minimum atomic E-state index is -0.0688. The van der Waals surface area contributed by atoms with Gasteiger partial charge < -0.3 is 4.98 Å². The molecule has 16 heavy (non-hydrogen) atoms. The fourth-order valence-electron chi connectivity index (χ4n) is 1.61. The van der Waals surface area contributed by atoms with E-state index in [0.717, 1.165) is 18.7 Å². The Hall–Kier alpha value is -1.30. The molecule has 1 aliphatic rings. The largest absolute Gasteiger partial charge is 0.349 e. The van der Waals surface area contributed by atoms with Crippen LogP contribution in [0.3, 0.4) is 0 Å². The molecule has 0 aliphatic carbocycles. The van der Waals surface area contributed by atoms with Crippen molar-refractivity contribution in [2.75, 3.05) is 18.1 Å². The maximum Gasteiger partial charge on any atom is 0.239 e. The number of aryl methyl sites for hydroxylation is 1. The lowest BCUT2D eigenvalue weighted by Crippen LogP contribution is -2.43. The number of nitrogens with zero attached hydrogens (tertiary/aromatic N) is 2. The quantitative estimate of drug-likeness (QED) is 0.774. The maximum absolute atomic E-state index is 11.5. The van der Waals surface area contributed by atoms with Gasteiger partial charge in [-0.1, -0.05) is 0 Å². The van der Waals surface area contributed by atoms with Gasteiger partial charge in [0.2, 0.25) is 11.8 Å². The van der Waals surface area contributed by atoms with E-state index >= 15 is 0 Å². The molecule has 0 saturated carbocycles. The average Bonchev–Trinajstić information content (AvgIpc) is 2.75. The summed E-state index contributed by atoms with van der Waals surface area (Å²) in [6.07, 6.45) is 4.99. The van der Waals surface area contributed by atoms with Crippen molar-refractivity contribution in [3.05, 3.63) is 18.2 Å². The van der Waals surface area contributed by atoms with Crippen LogP contribution in [0.25, 0.3) is 0 Å². The number of nitrogens with one attached hydrogen (secondary N) is 1. The Balaban J connectivity index is 1.80. The van der Waals surface area contributed by atoms with Gasteiger partial charge in [-0.05, 0) is 6.42 Å². The van der Waals surface area contributed by atoms with Crippen molar-refractivity contribution in [2.45, 2.75) is 12.8 Å². The SMILES string of the molecule is O=C1CSCC(=O)N1CCCc1ncc[nH]1. The molecule has 0 unspecified atom stereocenters. The Morgan fingerprint density at radius 3 is 2.75 bits per heavy atom. The third-order valence-corrected chi connectivity index (χ3v) is 3.31. The third-order valence-electron chi connectivity index (χ3n) is 2.40. The van der Waals surface area contributed by atoms with Crippen LogP contribution in [0.4, 0.5) is 0 Å². The van der Waals surface area contributed by atoms with Crippen molar-refractivity contribution >= 4 is 23.6 Å². The van der Waals surface area contributed by atoms with Gasteiger partial charge in [0.15, 0.2) is 0 Å². The summed E-state index contributed by atoms with van der Waals surface area (Å²) in [6.45, 7) is 0.499. The molecule has 5 nitrogen and oxygen atoms in total. The first-order valence-corrected chi connectivity index (χ1v) is 6.32. The van der Waals surface area contributed by atoms with Crippen molar-refractivity contribution in [2.24, 2.45) is 0 Å². The van der Waals surface area contributed by atoms with Crippen molar-refractivity contribution in [1.29, 1.82) is 0 Å². The van der Waals surface area contributed by atoms with Crippen LogP contribution >= 0.6 is 11.8 Å². The summed E-state index contributed by atoms with van der Waals surface area (Å²) in [6, 6.07) is 0. The molecule has 86 valence electrons. The van der Waals surface area contributed by atoms with Crippen molar-refractivity contribution < 1.29 is 9.59 Å². The lowest BCUT2D eigenvalue weighted by molar-refractivity contribution is -0.142. The number of hydrogen-bond donors (Lipinski definition) is 1. The number of aromatic amines is 1. The van der Waals surface area contributed by atoms with E-state index in [9.17, 15) is 9.59 Å². The maximum atomic E-state index is 11.5. The van der Waals surface area contributed by atoms with E-state index in [1.165, 1.54) is 16.7 Å². The molecule has 0 spiro atoms. The van der Waals surface area contributed by atoms with Crippen molar-refractivity contribution in [3.63, 3.8) is 0 Å². The Bertz CT molecular complexity index is 361. The molecule has 1 aromatic heterocycles. The Morgan fingerprint density at radius 1 is 1.38 bits per heavy atom. The smallest absolute Gasteiger partial charge is 0.239 e. The molecule has 6 heteroatoms. The molecule has 2 amide bonds. The van der Waals surface area contributed by atoms with Gasteiger partial charge in [-0.15, -0.1) is 11.8 Å². The Morgan fingerprint density at radius 2 is 2.12 bits per heavy atom. The summed E-state index contributed by atoms with van der Waals surface area (Å²) in [7, 11) is 0. The van der Waals surface area contributed by atoms with Crippen LogP contribution in [-0.4, -0.2) is 44.7 Å². The highest BCUT2D eigenvalue weighted by Crippen LogP contribution is 2.12. The van der Waals surface area contributed by atoms with E-state index in [4.69, 9.17) is 0 Å². The summed E-state index contributed by atoms with van der Waals surface area (Å²) in [4.78, 5) is 31.4. The molecule has 0 atom stereocenters. The molecule has 1 fully saturated rings. The van der Waals surface area contributed by atoms with Crippen LogP contribution in [0, 0.1) is 0 Å². The fraction of sp³-hybridized carbons (Fsp3) is 0.500. The van der Waals surface area contributed by atoms with Gasteiger partial charge in [0.25, 0.3) is 0 Å². The molecule has 0 aromatic carbocycles. The highest BCUT2D eigenvalue weighted by molar-refractivity contribution is 8.00. The third kappa shape index (κ3) is 2.63. The molecule has 1 aromatic rings. The normalized spacial score (nSPS) is 16.9. The summed E-state index contributed by atoms with van der Waals surface area (Å²) in [5.74, 6) is 1.60. The van der Waals surface area contributed by atoms with Gasteiger partial charge in [0.05, 0.1) is 11.5 Å². The van der Waals surface area contributed by atoms with Gasteiger partial charge in [-0.3, -0.25) is 14.5 Å². The summed E-state index contributed by atoms with van der Waals surface area (Å²) in [5, 5.41) is 0. The second kappa shape index (κ2) is 5.16. The molecule has 0 bridgehead atoms. The van der Waals surface area contributed by atoms with Crippen LogP contribution in [0.5, 0.6) is 0 Å². The van der Waals surface area contributed by atoms with Gasteiger partial charge in [0, 0.05) is 25.4 Å². The number of imide groups is 1. The van der Waals surface area contributed by atoms with Crippen LogP contribution in [-0.2, 0) is 16.0 Å². The van der Waals surface area contributed by atoms with Crippen LogP contribution < -0.4 is 0 Å². The number of carbonyl (C=O) groups excluding carboxylic acids is 2. The second-order valence-electron chi connectivity index (χ2n) is 3.57. The molecule has 2 heterocycles. The van der Waals surface area contributed by atoms with Crippen molar-refractivity contribution in [3.8, 4) is 0 Å². The Kier molecular flexibility index (Phi) is 3.61. The average molecular weight is 239 g/mol. The number of imidazole rings is 1. The number of aromatic nitrogens is 2.